The van der Waals surface area contributed by atoms with Gasteiger partial charge in [0.05, 0.1) is 13.2 Å². The second-order valence-electron chi connectivity index (χ2n) is 9.28. The normalized spacial score (nSPS) is 18.5. The molecule has 4 rings (SSSR count). The van der Waals surface area contributed by atoms with Gasteiger partial charge in [-0.15, -0.1) is 11.6 Å². The van der Waals surface area contributed by atoms with E-state index in [-0.39, 0.29) is 24.9 Å². The maximum absolute atomic E-state index is 6.35. The third kappa shape index (κ3) is 6.50. The second kappa shape index (κ2) is 13.0. The Labute approximate surface area is 224 Å². The standard InChI is InChI=1S/C30H35ClO6/c1-30(23-8-12-25(13-9-23)36-20-32-2)19-35-28-18-26(37-21-33-3)14-15-27(28)29(30)22-6-10-24(11-7-22)34-17-5-4-16-31/h6-15,18,29H,4-5,16-17,19-21H2,1-3H3. The molecule has 7 heteroatoms. The van der Waals surface area contributed by atoms with Crippen LogP contribution in [0.4, 0.5) is 0 Å². The highest BCUT2D eigenvalue weighted by atomic mass is 35.5. The van der Waals surface area contributed by atoms with E-state index in [2.05, 4.69) is 37.3 Å². The van der Waals surface area contributed by atoms with Gasteiger partial charge in [-0.3, -0.25) is 0 Å². The van der Waals surface area contributed by atoms with E-state index in [0.717, 1.165) is 41.2 Å². The molecule has 6 nitrogen and oxygen atoms in total. The number of fused-ring (bicyclic) bond motifs is 1. The van der Waals surface area contributed by atoms with Crippen molar-refractivity contribution in [2.24, 2.45) is 0 Å². The van der Waals surface area contributed by atoms with E-state index < -0.39 is 0 Å². The fraction of sp³-hybridized carbons (Fsp3) is 0.400. The molecule has 2 atom stereocenters. The van der Waals surface area contributed by atoms with Gasteiger partial charge in [0.1, 0.15) is 23.0 Å². The number of ether oxygens (including phenoxy) is 6. The van der Waals surface area contributed by atoms with Crippen LogP contribution in [0.1, 0.15) is 42.4 Å². The largest absolute Gasteiger partial charge is 0.494 e. The second-order valence-corrected chi connectivity index (χ2v) is 9.66. The molecule has 198 valence electrons. The van der Waals surface area contributed by atoms with Gasteiger partial charge in [0, 0.05) is 43.1 Å². The van der Waals surface area contributed by atoms with Crippen molar-refractivity contribution < 1.29 is 28.4 Å². The monoisotopic (exact) mass is 526 g/mol. The van der Waals surface area contributed by atoms with E-state index in [4.69, 9.17) is 40.0 Å². The third-order valence-corrected chi connectivity index (χ3v) is 6.94. The first-order valence-electron chi connectivity index (χ1n) is 12.5. The zero-order valence-electron chi connectivity index (χ0n) is 21.7. The highest BCUT2D eigenvalue weighted by molar-refractivity contribution is 6.17. The molecule has 0 N–H and O–H groups in total. The summed E-state index contributed by atoms with van der Waals surface area (Å²) >= 11 is 5.78. The molecule has 1 aliphatic heterocycles. The number of methoxy groups -OCH3 is 2. The molecule has 0 radical (unpaired) electrons. The summed E-state index contributed by atoms with van der Waals surface area (Å²) in [6.07, 6.45) is 1.89. The first-order chi connectivity index (χ1) is 18.1. The summed E-state index contributed by atoms with van der Waals surface area (Å²) in [6.45, 7) is 3.81. The van der Waals surface area contributed by atoms with Crippen LogP contribution in [0.3, 0.4) is 0 Å². The Morgan fingerprint density at radius 1 is 0.811 bits per heavy atom. The molecule has 3 aromatic rings. The summed E-state index contributed by atoms with van der Waals surface area (Å²) < 4.78 is 33.6. The quantitative estimate of drug-likeness (QED) is 0.143. The van der Waals surface area contributed by atoms with Crippen molar-refractivity contribution in [3.63, 3.8) is 0 Å². The number of hydrogen-bond donors (Lipinski definition) is 0. The summed E-state index contributed by atoms with van der Waals surface area (Å²) in [4.78, 5) is 0. The van der Waals surface area contributed by atoms with Crippen LogP contribution in [0, 0.1) is 0 Å². The van der Waals surface area contributed by atoms with Gasteiger partial charge in [-0.1, -0.05) is 37.3 Å². The number of hydrogen-bond acceptors (Lipinski definition) is 6. The SMILES string of the molecule is COCOc1ccc(C2(C)COc3cc(OCOC)ccc3C2c2ccc(OCCCCCl)cc2)cc1. The predicted molar refractivity (Wildman–Crippen MR) is 144 cm³/mol. The number of benzene rings is 3. The average molecular weight is 527 g/mol. The molecule has 0 amide bonds. The molecule has 3 aromatic carbocycles. The van der Waals surface area contributed by atoms with E-state index in [1.165, 1.54) is 5.56 Å². The molecule has 0 saturated heterocycles. The Morgan fingerprint density at radius 2 is 1.43 bits per heavy atom. The molecule has 0 aromatic heterocycles. The number of unbranched alkanes of at least 4 members (excludes halogenated alkanes) is 1. The highest BCUT2D eigenvalue weighted by Crippen LogP contribution is 2.51. The number of alkyl halides is 1. The fourth-order valence-corrected chi connectivity index (χ4v) is 4.94. The van der Waals surface area contributed by atoms with Gasteiger partial charge in [-0.2, -0.15) is 0 Å². The van der Waals surface area contributed by atoms with E-state index in [9.17, 15) is 0 Å². The van der Waals surface area contributed by atoms with Crippen LogP contribution in [-0.4, -0.2) is 46.9 Å². The Morgan fingerprint density at radius 3 is 2.11 bits per heavy atom. The molecular formula is C30H35ClO6. The van der Waals surface area contributed by atoms with Crippen LogP contribution in [0.2, 0.25) is 0 Å². The van der Waals surface area contributed by atoms with Crippen LogP contribution in [0.15, 0.2) is 66.7 Å². The molecule has 0 saturated carbocycles. The van der Waals surface area contributed by atoms with Crippen molar-refractivity contribution >= 4 is 11.6 Å². The van der Waals surface area contributed by atoms with Crippen molar-refractivity contribution in [2.45, 2.75) is 31.1 Å². The van der Waals surface area contributed by atoms with Gasteiger partial charge in [0.25, 0.3) is 0 Å². The zero-order valence-corrected chi connectivity index (χ0v) is 22.5. The maximum Gasteiger partial charge on any atom is 0.188 e. The Bertz CT molecular complexity index is 1120. The van der Waals surface area contributed by atoms with Crippen LogP contribution < -0.4 is 18.9 Å². The lowest BCUT2D eigenvalue weighted by Gasteiger charge is -2.43. The van der Waals surface area contributed by atoms with Gasteiger partial charge in [0.2, 0.25) is 0 Å². The van der Waals surface area contributed by atoms with Crippen LogP contribution >= 0.6 is 11.6 Å². The topological polar surface area (TPSA) is 55.4 Å². The Balaban J connectivity index is 1.67. The lowest BCUT2D eigenvalue weighted by molar-refractivity contribution is 0.0505. The van der Waals surface area contributed by atoms with Crippen LogP contribution in [-0.2, 0) is 14.9 Å². The number of rotatable bonds is 13. The minimum atomic E-state index is -0.329. The van der Waals surface area contributed by atoms with E-state index in [1.807, 2.05) is 36.4 Å². The Hall–Kier alpha value is -2.93. The van der Waals surface area contributed by atoms with Gasteiger partial charge in [-0.25, -0.2) is 0 Å². The van der Waals surface area contributed by atoms with Crippen molar-refractivity contribution in [1.82, 2.24) is 0 Å². The minimum Gasteiger partial charge on any atom is -0.494 e. The molecular weight excluding hydrogens is 492 g/mol. The highest BCUT2D eigenvalue weighted by Gasteiger charge is 2.43. The molecule has 0 aliphatic carbocycles. The Kier molecular flexibility index (Phi) is 9.56. The summed E-state index contributed by atoms with van der Waals surface area (Å²) in [5, 5.41) is 0. The van der Waals surface area contributed by atoms with E-state index in [0.29, 0.717) is 24.8 Å². The van der Waals surface area contributed by atoms with Gasteiger partial charge >= 0.3 is 0 Å². The van der Waals surface area contributed by atoms with Crippen molar-refractivity contribution in [3.8, 4) is 23.0 Å². The molecule has 0 spiro atoms. The number of halogens is 1. The first kappa shape index (κ1) is 27.1. The van der Waals surface area contributed by atoms with Crippen LogP contribution in [0.5, 0.6) is 23.0 Å². The van der Waals surface area contributed by atoms with Gasteiger partial charge in [0.15, 0.2) is 13.6 Å². The smallest absolute Gasteiger partial charge is 0.188 e. The predicted octanol–water partition coefficient (Wildman–Crippen LogP) is 6.53. The average Bonchev–Trinajstić information content (AvgIpc) is 2.94. The van der Waals surface area contributed by atoms with Crippen molar-refractivity contribution in [1.29, 1.82) is 0 Å². The zero-order chi connectivity index (χ0) is 26.1. The molecule has 1 aliphatic rings. The fourth-order valence-electron chi connectivity index (χ4n) is 4.75. The summed E-state index contributed by atoms with van der Waals surface area (Å²) in [7, 11) is 3.21. The third-order valence-electron chi connectivity index (χ3n) is 6.67. The van der Waals surface area contributed by atoms with E-state index in [1.54, 1.807) is 14.2 Å². The first-order valence-corrected chi connectivity index (χ1v) is 13.0. The lowest BCUT2D eigenvalue weighted by atomic mass is 9.65. The van der Waals surface area contributed by atoms with Crippen molar-refractivity contribution in [3.05, 3.63) is 83.4 Å². The minimum absolute atomic E-state index is 0.0452. The van der Waals surface area contributed by atoms with Gasteiger partial charge in [-0.05, 0) is 54.3 Å². The van der Waals surface area contributed by atoms with Crippen molar-refractivity contribution in [2.75, 3.05) is 46.9 Å². The summed E-state index contributed by atoms with van der Waals surface area (Å²) in [5.41, 5.74) is 3.12. The maximum atomic E-state index is 6.35. The summed E-state index contributed by atoms with van der Waals surface area (Å²) in [5.74, 6) is 3.85. The molecule has 0 fully saturated rings. The molecule has 0 bridgehead atoms. The van der Waals surface area contributed by atoms with Crippen LogP contribution in [0.25, 0.3) is 0 Å². The molecule has 1 heterocycles. The van der Waals surface area contributed by atoms with E-state index >= 15 is 0 Å². The molecule has 2 unspecified atom stereocenters. The lowest BCUT2D eigenvalue weighted by Crippen LogP contribution is -2.41. The molecule has 37 heavy (non-hydrogen) atoms. The summed E-state index contributed by atoms with van der Waals surface area (Å²) in [6, 6.07) is 22.6. The van der Waals surface area contributed by atoms with Gasteiger partial charge < -0.3 is 28.4 Å².